The predicted octanol–water partition coefficient (Wildman–Crippen LogP) is 4.66. The van der Waals surface area contributed by atoms with Crippen molar-refractivity contribution in [3.8, 4) is 0 Å². The molecule has 0 aliphatic heterocycles. The van der Waals surface area contributed by atoms with Crippen LogP contribution in [0.2, 0.25) is 5.02 Å². The number of amides is 1. The molecule has 0 aliphatic rings. The number of aromatic nitrogens is 2. The molecule has 5 nitrogen and oxygen atoms in total. The molecule has 0 aliphatic carbocycles. The molecule has 0 radical (unpaired) electrons. The lowest BCUT2D eigenvalue weighted by molar-refractivity contribution is -0.115. The third-order valence-corrected chi connectivity index (χ3v) is 5.49. The predicted molar refractivity (Wildman–Crippen MR) is 116 cm³/mol. The highest BCUT2D eigenvalue weighted by atomic mass is 35.5. The number of rotatable bonds is 6. The minimum Gasteiger partial charge on any atom is -0.325 e. The molecule has 1 atom stereocenters. The molecule has 1 aromatic heterocycles. The summed E-state index contributed by atoms with van der Waals surface area (Å²) < 4.78 is 1.51. The van der Waals surface area contributed by atoms with Crippen molar-refractivity contribution >= 4 is 45.9 Å². The largest absolute Gasteiger partial charge is 0.325 e. The summed E-state index contributed by atoms with van der Waals surface area (Å²) in [6.07, 6.45) is 1.63. The lowest BCUT2D eigenvalue weighted by Gasteiger charge is -2.15. The summed E-state index contributed by atoms with van der Waals surface area (Å²) in [7, 11) is 0. The Morgan fingerprint density at radius 2 is 2.04 bits per heavy atom. The molecule has 0 unspecified atom stereocenters. The second kappa shape index (κ2) is 8.63. The maximum Gasteiger partial charge on any atom is 0.262 e. The Labute approximate surface area is 172 Å². The van der Waals surface area contributed by atoms with Crippen molar-refractivity contribution in [2.24, 2.45) is 0 Å². The Kier molecular flexibility index (Phi) is 6.21. The number of hydrogen-bond acceptors (Lipinski definition) is 4. The van der Waals surface area contributed by atoms with E-state index in [9.17, 15) is 9.59 Å². The number of carbonyl (C=O) groups excluding carboxylic acids is 1. The van der Waals surface area contributed by atoms with Crippen molar-refractivity contribution in [2.75, 3.05) is 5.32 Å². The molecule has 3 rings (SSSR count). The Hall–Kier alpha value is -2.57. The number of allylic oxidation sites excluding steroid dienone is 1. The molecular formula is C21H20ClN3O2S. The molecule has 1 N–H and O–H groups in total. The van der Waals surface area contributed by atoms with Crippen LogP contribution in [0.25, 0.3) is 10.9 Å². The first-order chi connectivity index (χ1) is 13.4. The van der Waals surface area contributed by atoms with Crippen molar-refractivity contribution in [1.82, 2.24) is 9.55 Å². The van der Waals surface area contributed by atoms with Crippen LogP contribution >= 0.6 is 23.4 Å². The number of carbonyl (C=O) groups is 1. The van der Waals surface area contributed by atoms with Gasteiger partial charge in [0.05, 0.1) is 16.2 Å². The monoisotopic (exact) mass is 413 g/mol. The van der Waals surface area contributed by atoms with Gasteiger partial charge in [0.25, 0.3) is 5.56 Å². The number of halogens is 1. The summed E-state index contributed by atoms with van der Waals surface area (Å²) >= 11 is 7.25. The summed E-state index contributed by atoms with van der Waals surface area (Å²) in [4.78, 5) is 30.0. The molecule has 0 spiro atoms. The van der Waals surface area contributed by atoms with Gasteiger partial charge in [-0.15, -0.1) is 6.58 Å². The third kappa shape index (κ3) is 4.46. The van der Waals surface area contributed by atoms with Gasteiger partial charge in [0.2, 0.25) is 5.91 Å². The van der Waals surface area contributed by atoms with Crippen LogP contribution in [0.1, 0.15) is 12.5 Å². The highest BCUT2D eigenvalue weighted by Gasteiger charge is 2.19. The van der Waals surface area contributed by atoms with Gasteiger partial charge in [-0.1, -0.05) is 47.1 Å². The number of thioether (sulfide) groups is 1. The van der Waals surface area contributed by atoms with E-state index in [1.54, 1.807) is 31.2 Å². The normalized spacial score (nSPS) is 12.0. The second-order valence-electron chi connectivity index (χ2n) is 6.38. The van der Waals surface area contributed by atoms with Crippen molar-refractivity contribution in [3.05, 3.63) is 76.1 Å². The average Bonchev–Trinajstić information content (AvgIpc) is 2.67. The van der Waals surface area contributed by atoms with Gasteiger partial charge in [-0.3, -0.25) is 14.2 Å². The standard InChI is InChI=1S/C21H20ClN3O2S/c1-4-11-25-20(27)17-12-15(22)7-10-18(17)24-21(25)28-14(3)19(26)23-16-8-5-13(2)6-9-16/h4-10,12,14H,1,11H2,2-3H3,(H,23,26)/t14-/m0/s1. The van der Waals surface area contributed by atoms with Gasteiger partial charge in [-0.25, -0.2) is 4.98 Å². The first kappa shape index (κ1) is 20.2. The Bertz CT molecular complexity index is 1090. The molecule has 28 heavy (non-hydrogen) atoms. The van der Waals surface area contributed by atoms with Crippen LogP contribution in [0, 0.1) is 6.92 Å². The minimum atomic E-state index is -0.450. The number of hydrogen-bond donors (Lipinski definition) is 1. The zero-order valence-corrected chi connectivity index (χ0v) is 17.2. The van der Waals surface area contributed by atoms with E-state index in [-0.39, 0.29) is 11.5 Å². The second-order valence-corrected chi connectivity index (χ2v) is 8.12. The molecule has 1 heterocycles. The zero-order chi connectivity index (χ0) is 20.3. The van der Waals surface area contributed by atoms with E-state index in [2.05, 4.69) is 16.9 Å². The fourth-order valence-electron chi connectivity index (χ4n) is 2.65. The van der Waals surface area contributed by atoms with Crippen LogP contribution in [0.5, 0.6) is 0 Å². The molecule has 0 saturated heterocycles. The third-order valence-electron chi connectivity index (χ3n) is 4.16. The first-order valence-electron chi connectivity index (χ1n) is 8.74. The summed E-state index contributed by atoms with van der Waals surface area (Å²) in [6.45, 7) is 7.78. The smallest absolute Gasteiger partial charge is 0.262 e. The number of anilines is 1. The van der Waals surface area contributed by atoms with Crippen LogP contribution in [0.3, 0.4) is 0 Å². The van der Waals surface area contributed by atoms with E-state index in [0.29, 0.717) is 27.6 Å². The number of nitrogens with one attached hydrogen (secondary N) is 1. The molecule has 0 saturated carbocycles. The van der Waals surface area contributed by atoms with Gasteiger partial charge in [-0.05, 0) is 44.2 Å². The molecular weight excluding hydrogens is 394 g/mol. The van der Waals surface area contributed by atoms with E-state index in [4.69, 9.17) is 11.6 Å². The lowest BCUT2D eigenvalue weighted by atomic mass is 10.2. The van der Waals surface area contributed by atoms with Crippen molar-refractivity contribution in [3.63, 3.8) is 0 Å². The fraction of sp³-hybridized carbons (Fsp3) is 0.190. The Morgan fingerprint density at radius 3 is 2.71 bits per heavy atom. The maximum atomic E-state index is 12.9. The van der Waals surface area contributed by atoms with Crippen LogP contribution in [-0.2, 0) is 11.3 Å². The molecule has 144 valence electrons. The van der Waals surface area contributed by atoms with E-state index >= 15 is 0 Å². The average molecular weight is 414 g/mol. The van der Waals surface area contributed by atoms with E-state index < -0.39 is 5.25 Å². The zero-order valence-electron chi connectivity index (χ0n) is 15.6. The molecule has 0 fully saturated rings. The van der Waals surface area contributed by atoms with Crippen molar-refractivity contribution < 1.29 is 4.79 Å². The summed E-state index contributed by atoms with van der Waals surface area (Å²) in [5.41, 5.74) is 2.19. The topological polar surface area (TPSA) is 64.0 Å². The molecule has 2 aromatic carbocycles. The first-order valence-corrected chi connectivity index (χ1v) is 10.00. The van der Waals surface area contributed by atoms with Crippen LogP contribution in [0.4, 0.5) is 5.69 Å². The van der Waals surface area contributed by atoms with Crippen LogP contribution in [-0.4, -0.2) is 20.7 Å². The quantitative estimate of drug-likeness (QED) is 0.362. The molecule has 1 amide bonds. The van der Waals surface area contributed by atoms with E-state index in [0.717, 1.165) is 11.3 Å². The summed E-state index contributed by atoms with van der Waals surface area (Å²) in [5.74, 6) is -0.163. The Morgan fingerprint density at radius 1 is 1.32 bits per heavy atom. The minimum absolute atomic E-state index is 0.163. The van der Waals surface area contributed by atoms with Crippen molar-refractivity contribution in [2.45, 2.75) is 30.8 Å². The van der Waals surface area contributed by atoms with E-state index in [1.807, 2.05) is 31.2 Å². The number of nitrogens with zero attached hydrogens (tertiary/aromatic N) is 2. The maximum absolute atomic E-state index is 12.9. The van der Waals surface area contributed by atoms with Crippen LogP contribution < -0.4 is 10.9 Å². The van der Waals surface area contributed by atoms with Gasteiger partial charge < -0.3 is 5.32 Å². The summed E-state index contributed by atoms with van der Waals surface area (Å²) in [5, 5.41) is 3.82. The molecule has 7 heteroatoms. The number of benzene rings is 2. The molecule has 3 aromatic rings. The highest BCUT2D eigenvalue weighted by molar-refractivity contribution is 8.00. The van der Waals surface area contributed by atoms with Gasteiger partial charge >= 0.3 is 0 Å². The van der Waals surface area contributed by atoms with Gasteiger partial charge in [-0.2, -0.15) is 0 Å². The van der Waals surface area contributed by atoms with Gasteiger partial charge in [0, 0.05) is 17.3 Å². The van der Waals surface area contributed by atoms with Crippen molar-refractivity contribution in [1.29, 1.82) is 0 Å². The molecule has 0 bridgehead atoms. The summed E-state index contributed by atoms with van der Waals surface area (Å²) in [6, 6.07) is 12.6. The number of aryl methyl sites for hydroxylation is 1. The number of fused-ring (bicyclic) bond motifs is 1. The SMILES string of the molecule is C=CCn1c(S[C@@H](C)C(=O)Nc2ccc(C)cc2)nc2ccc(Cl)cc2c1=O. The Balaban J connectivity index is 1.89. The lowest BCUT2D eigenvalue weighted by Crippen LogP contribution is -2.26. The fourth-order valence-corrected chi connectivity index (χ4v) is 3.74. The van der Waals surface area contributed by atoms with Crippen LogP contribution in [0.15, 0.2) is 65.1 Å². The van der Waals surface area contributed by atoms with E-state index in [1.165, 1.54) is 16.3 Å². The van der Waals surface area contributed by atoms with Gasteiger partial charge in [0.1, 0.15) is 0 Å². The van der Waals surface area contributed by atoms with Gasteiger partial charge in [0.15, 0.2) is 5.16 Å². The highest BCUT2D eigenvalue weighted by Crippen LogP contribution is 2.25.